The number of nitrogens with zero attached hydrogens (tertiary/aromatic N) is 2. The molecule has 2 atom stereocenters. The molecular formula is C29H34FN3O4S. The minimum absolute atomic E-state index is 0.00304. The highest BCUT2D eigenvalue weighted by atomic mass is 32.2. The van der Waals surface area contributed by atoms with Crippen molar-refractivity contribution in [3.63, 3.8) is 0 Å². The molecule has 38 heavy (non-hydrogen) atoms. The number of rotatable bonds is 12. The molecule has 3 aromatic carbocycles. The predicted molar refractivity (Wildman–Crippen MR) is 147 cm³/mol. The van der Waals surface area contributed by atoms with Crippen LogP contribution in [-0.2, 0) is 32.6 Å². The number of halogens is 1. The molecule has 0 aliphatic heterocycles. The molecule has 0 bridgehead atoms. The summed E-state index contributed by atoms with van der Waals surface area (Å²) in [6.45, 7) is 3.33. The molecule has 0 spiro atoms. The molecule has 0 saturated heterocycles. The highest BCUT2D eigenvalue weighted by Gasteiger charge is 2.33. The fourth-order valence-electron chi connectivity index (χ4n) is 3.99. The third-order valence-electron chi connectivity index (χ3n) is 6.26. The Balaban J connectivity index is 2.03. The van der Waals surface area contributed by atoms with Gasteiger partial charge in [0.25, 0.3) is 0 Å². The van der Waals surface area contributed by atoms with Gasteiger partial charge in [0.15, 0.2) is 0 Å². The van der Waals surface area contributed by atoms with Crippen molar-refractivity contribution in [2.24, 2.45) is 0 Å². The molecule has 0 aliphatic carbocycles. The molecule has 0 saturated carbocycles. The van der Waals surface area contributed by atoms with Gasteiger partial charge >= 0.3 is 0 Å². The van der Waals surface area contributed by atoms with Gasteiger partial charge in [-0.15, -0.1) is 0 Å². The summed E-state index contributed by atoms with van der Waals surface area (Å²) >= 11 is 0. The summed E-state index contributed by atoms with van der Waals surface area (Å²) in [6, 6.07) is 22.3. The molecule has 7 nitrogen and oxygen atoms in total. The number of sulfonamides is 1. The van der Waals surface area contributed by atoms with Crippen molar-refractivity contribution >= 4 is 27.5 Å². The highest BCUT2D eigenvalue weighted by Crippen LogP contribution is 2.20. The Labute approximate surface area is 224 Å². The Morgan fingerprint density at radius 2 is 1.47 bits per heavy atom. The maximum atomic E-state index is 13.9. The van der Waals surface area contributed by atoms with Crippen LogP contribution in [0.4, 0.5) is 10.1 Å². The van der Waals surface area contributed by atoms with Gasteiger partial charge in [-0.1, -0.05) is 67.6 Å². The number of hydrogen-bond acceptors (Lipinski definition) is 4. The first-order valence-corrected chi connectivity index (χ1v) is 14.3. The summed E-state index contributed by atoms with van der Waals surface area (Å²) in [5, 5.41) is 2.97. The fourth-order valence-corrected chi connectivity index (χ4v) is 4.84. The van der Waals surface area contributed by atoms with Crippen molar-refractivity contribution in [1.29, 1.82) is 0 Å². The zero-order valence-corrected chi connectivity index (χ0v) is 22.7. The molecule has 3 aromatic rings. The average molecular weight is 540 g/mol. The van der Waals surface area contributed by atoms with Crippen LogP contribution in [0.25, 0.3) is 0 Å². The van der Waals surface area contributed by atoms with E-state index in [-0.39, 0.29) is 24.9 Å². The maximum absolute atomic E-state index is 13.9. The zero-order valence-electron chi connectivity index (χ0n) is 21.9. The van der Waals surface area contributed by atoms with Crippen LogP contribution in [0.3, 0.4) is 0 Å². The number of carbonyl (C=O) groups is 2. The lowest BCUT2D eigenvalue weighted by molar-refractivity contribution is -0.140. The van der Waals surface area contributed by atoms with Gasteiger partial charge in [0.1, 0.15) is 18.4 Å². The molecule has 9 heteroatoms. The molecule has 0 aliphatic rings. The van der Waals surface area contributed by atoms with E-state index < -0.39 is 34.3 Å². The second-order valence-corrected chi connectivity index (χ2v) is 11.2. The number of benzene rings is 3. The Bertz CT molecular complexity index is 1300. The maximum Gasteiger partial charge on any atom is 0.244 e. The fraction of sp³-hybridized carbons (Fsp3) is 0.310. The van der Waals surface area contributed by atoms with Crippen LogP contribution in [0.5, 0.6) is 0 Å². The van der Waals surface area contributed by atoms with Crippen molar-refractivity contribution in [2.45, 2.75) is 45.3 Å². The number of anilines is 1. The van der Waals surface area contributed by atoms with Gasteiger partial charge in [-0.3, -0.25) is 13.9 Å². The van der Waals surface area contributed by atoms with E-state index in [1.54, 1.807) is 42.5 Å². The topological polar surface area (TPSA) is 86.8 Å². The molecule has 202 valence electrons. The number of para-hydroxylation sites is 1. The van der Waals surface area contributed by atoms with Gasteiger partial charge < -0.3 is 10.2 Å². The van der Waals surface area contributed by atoms with E-state index in [1.165, 1.54) is 17.0 Å². The monoisotopic (exact) mass is 539 g/mol. The number of hydrogen-bond donors (Lipinski definition) is 1. The molecule has 0 unspecified atom stereocenters. The predicted octanol–water partition coefficient (Wildman–Crippen LogP) is 4.15. The van der Waals surface area contributed by atoms with Crippen LogP contribution in [-0.4, -0.2) is 50.0 Å². The molecule has 0 fully saturated rings. The van der Waals surface area contributed by atoms with Crippen molar-refractivity contribution < 1.29 is 22.4 Å². The van der Waals surface area contributed by atoms with Gasteiger partial charge in [-0.2, -0.15) is 0 Å². The molecule has 0 heterocycles. The summed E-state index contributed by atoms with van der Waals surface area (Å²) in [7, 11) is -3.82. The average Bonchev–Trinajstić information content (AvgIpc) is 2.90. The first-order valence-electron chi connectivity index (χ1n) is 12.5. The van der Waals surface area contributed by atoms with E-state index >= 15 is 0 Å². The van der Waals surface area contributed by atoms with Gasteiger partial charge in [0, 0.05) is 19.0 Å². The number of amides is 2. The largest absolute Gasteiger partial charge is 0.352 e. The van der Waals surface area contributed by atoms with Gasteiger partial charge in [-0.05, 0) is 48.7 Å². The van der Waals surface area contributed by atoms with Crippen LogP contribution in [0.2, 0.25) is 0 Å². The van der Waals surface area contributed by atoms with Crippen LogP contribution in [0.15, 0.2) is 84.9 Å². The summed E-state index contributed by atoms with van der Waals surface area (Å²) in [5.41, 5.74) is 1.80. The molecule has 0 radical (unpaired) electrons. The Hall–Kier alpha value is -3.72. The van der Waals surface area contributed by atoms with Crippen LogP contribution >= 0.6 is 0 Å². The van der Waals surface area contributed by atoms with Crippen molar-refractivity contribution in [3.8, 4) is 0 Å². The third kappa shape index (κ3) is 8.14. The first kappa shape index (κ1) is 28.8. The van der Waals surface area contributed by atoms with E-state index in [4.69, 9.17) is 0 Å². The lowest BCUT2D eigenvalue weighted by Crippen LogP contribution is -2.54. The van der Waals surface area contributed by atoms with E-state index in [0.29, 0.717) is 17.7 Å². The zero-order chi connectivity index (χ0) is 27.7. The van der Waals surface area contributed by atoms with E-state index in [0.717, 1.165) is 16.1 Å². The minimum Gasteiger partial charge on any atom is -0.352 e. The third-order valence-corrected chi connectivity index (χ3v) is 7.40. The molecule has 2 amide bonds. The van der Waals surface area contributed by atoms with Crippen LogP contribution in [0.1, 0.15) is 31.4 Å². The second-order valence-electron chi connectivity index (χ2n) is 9.28. The standard InChI is InChI=1S/C29H34FN3O4S/c1-4-22(2)31-29(35)27(19-23-11-7-5-8-12-23)32(20-24-15-17-25(30)18-16-24)28(34)21-33(38(3,36)37)26-13-9-6-10-14-26/h5-18,22,27H,4,19-21H2,1-3H3,(H,31,35)/t22-,27+/m0/s1. The molecular weight excluding hydrogens is 505 g/mol. The van der Waals surface area contributed by atoms with Crippen LogP contribution < -0.4 is 9.62 Å². The van der Waals surface area contributed by atoms with Gasteiger partial charge in [-0.25, -0.2) is 12.8 Å². The smallest absolute Gasteiger partial charge is 0.244 e. The van der Waals surface area contributed by atoms with Crippen molar-refractivity contribution in [3.05, 3.63) is 102 Å². The SMILES string of the molecule is CC[C@H](C)NC(=O)[C@@H](Cc1ccccc1)N(Cc1ccc(F)cc1)C(=O)CN(c1ccccc1)S(C)(=O)=O. The van der Waals surface area contributed by atoms with E-state index in [1.807, 2.05) is 44.2 Å². The van der Waals surface area contributed by atoms with Gasteiger partial charge in [0.05, 0.1) is 11.9 Å². The quantitative estimate of drug-likeness (QED) is 0.375. The van der Waals surface area contributed by atoms with Crippen LogP contribution in [0, 0.1) is 5.82 Å². The summed E-state index contributed by atoms with van der Waals surface area (Å²) in [4.78, 5) is 28.9. The van der Waals surface area contributed by atoms with E-state index in [9.17, 15) is 22.4 Å². The summed E-state index contributed by atoms with van der Waals surface area (Å²) in [5.74, 6) is -1.32. The molecule has 3 rings (SSSR count). The number of nitrogens with one attached hydrogen (secondary N) is 1. The van der Waals surface area contributed by atoms with Gasteiger partial charge in [0.2, 0.25) is 21.8 Å². The second kappa shape index (κ2) is 13.2. The summed E-state index contributed by atoms with van der Waals surface area (Å²) in [6.07, 6.45) is 1.96. The van der Waals surface area contributed by atoms with Crippen molar-refractivity contribution in [2.75, 3.05) is 17.1 Å². The Kier molecular flexibility index (Phi) is 10.0. The highest BCUT2D eigenvalue weighted by molar-refractivity contribution is 7.92. The molecule has 1 N–H and O–H groups in total. The van der Waals surface area contributed by atoms with E-state index in [2.05, 4.69) is 5.32 Å². The summed E-state index contributed by atoms with van der Waals surface area (Å²) < 4.78 is 40.0. The first-order chi connectivity index (χ1) is 18.1. The lowest BCUT2D eigenvalue weighted by Gasteiger charge is -2.34. The minimum atomic E-state index is -3.82. The Morgan fingerprint density at radius 1 is 0.895 bits per heavy atom. The normalized spacial score (nSPS) is 12.8. The molecule has 0 aromatic heterocycles. The van der Waals surface area contributed by atoms with Crippen molar-refractivity contribution in [1.82, 2.24) is 10.2 Å². The Morgan fingerprint density at radius 3 is 2.03 bits per heavy atom. The number of carbonyl (C=O) groups excluding carboxylic acids is 2. The lowest BCUT2D eigenvalue weighted by atomic mass is 10.0.